The number of carbonyl (C=O) groups excluding carboxylic acids is 1. The van der Waals surface area contributed by atoms with E-state index in [0.717, 1.165) is 21.0 Å². The molecule has 33 heavy (non-hydrogen) atoms. The minimum absolute atomic E-state index is 0.0310. The van der Waals surface area contributed by atoms with E-state index in [0.29, 0.717) is 54.2 Å². The summed E-state index contributed by atoms with van der Waals surface area (Å²) in [6.45, 7) is 4.49. The minimum Gasteiger partial charge on any atom is -0.344 e. The zero-order valence-electron chi connectivity index (χ0n) is 17.9. The number of fused-ring (bicyclic) bond motifs is 2. The number of amides is 1. The lowest BCUT2D eigenvalue weighted by Gasteiger charge is -2.34. The first kappa shape index (κ1) is 19.8. The highest BCUT2D eigenvalue weighted by atomic mass is 32.1. The highest BCUT2D eigenvalue weighted by molar-refractivity contribution is 7.21. The Labute approximate surface area is 193 Å². The zero-order chi connectivity index (χ0) is 22.4. The molecule has 1 aliphatic heterocycles. The summed E-state index contributed by atoms with van der Waals surface area (Å²) in [7, 11) is 0. The SMILES string of the molecule is Cc1noc2nc(-c3ccccc3)cc(C(=O)N3CCN(c4nc5cccnc5s4)CC3)c12. The molecule has 5 heterocycles. The van der Waals surface area contributed by atoms with Gasteiger partial charge in [-0.25, -0.2) is 15.0 Å². The topological polar surface area (TPSA) is 88.3 Å². The molecule has 0 unspecified atom stereocenters. The number of aryl methyl sites for hydroxylation is 1. The van der Waals surface area contributed by atoms with Gasteiger partial charge in [-0.15, -0.1) is 0 Å². The van der Waals surface area contributed by atoms with Crippen LogP contribution in [0.1, 0.15) is 16.1 Å². The van der Waals surface area contributed by atoms with E-state index in [2.05, 4.69) is 20.0 Å². The van der Waals surface area contributed by atoms with Crippen LogP contribution in [-0.2, 0) is 0 Å². The van der Waals surface area contributed by atoms with Gasteiger partial charge in [0.2, 0.25) is 0 Å². The Balaban J connectivity index is 1.28. The van der Waals surface area contributed by atoms with Crippen LogP contribution in [0.25, 0.3) is 32.7 Å². The first-order chi connectivity index (χ1) is 16.2. The third-order valence-electron chi connectivity index (χ3n) is 5.91. The Morgan fingerprint density at radius 3 is 2.64 bits per heavy atom. The molecule has 164 valence electrons. The lowest BCUT2D eigenvalue weighted by Crippen LogP contribution is -2.48. The molecule has 1 saturated heterocycles. The lowest BCUT2D eigenvalue weighted by molar-refractivity contribution is 0.0748. The first-order valence-corrected chi connectivity index (χ1v) is 11.6. The molecular weight excluding hydrogens is 436 g/mol. The normalized spacial score (nSPS) is 14.3. The van der Waals surface area contributed by atoms with Gasteiger partial charge in [-0.1, -0.05) is 46.8 Å². The summed E-state index contributed by atoms with van der Waals surface area (Å²) < 4.78 is 5.44. The van der Waals surface area contributed by atoms with Crippen molar-refractivity contribution in [3.63, 3.8) is 0 Å². The van der Waals surface area contributed by atoms with Gasteiger partial charge in [0, 0.05) is 37.9 Å². The summed E-state index contributed by atoms with van der Waals surface area (Å²) in [4.78, 5) is 32.4. The number of piperazine rings is 1. The van der Waals surface area contributed by atoms with Crippen LogP contribution in [0.15, 0.2) is 59.3 Å². The number of aromatic nitrogens is 4. The predicted molar refractivity (Wildman–Crippen MR) is 128 cm³/mol. The van der Waals surface area contributed by atoms with Crippen molar-refractivity contribution in [1.82, 2.24) is 25.0 Å². The van der Waals surface area contributed by atoms with E-state index in [9.17, 15) is 4.79 Å². The number of hydrogen-bond donors (Lipinski definition) is 0. The Morgan fingerprint density at radius 1 is 1.03 bits per heavy atom. The van der Waals surface area contributed by atoms with E-state index >= 15 is 0 Å². The molecule has 1 aliphatic rings. The molecule has 8 nitrogen and oxygen atoms in total. The number of thiazole rings is 1. The number of anilines is 1. The first-order valence-electron chi connectivity index (χ1n) is 10.8. The molecule has 1 amide bonds. The second-order valence-electron chi connectivity index (χ2n) is 7.97. The largest absolute Gasteiger partial charge is 0.344 e. The van der Waals surface area contributed by atoms with Gasteiger partial charge in [0.1, 0.15) is 10.3 Å². The number of carbonyl (C=O) groups is 1. The van der Waals surface area contributed by atoms with Gasteiger partial charge < -0.3 is 14.3 Å². The van der Waals surface area contributed by atoms with Gasteiger partial charge in [-0.2, -0.15) is 0 Å². The third-order valence-corrected chi connectivity index (χ3v) is 6.95. The average molecular weight is 457 g/mol. The van der Waals surface area contributed by atoms with Gasteiger partial charge in [-0.05, 0) is 25.1 Å². The quantitative estimate of drug-likeness (QED) is 0.403. The van der Waals surface area contributed by atoms with E-state index in [1.807, 2.05) is 60.4 Å². The fraction of sp³-hybridized carbons (Fsp3) is 0.208. The molecule has 9 heteroatoms. The molecular formula is C24H20N6O2S. The van der Waals surface area contributed by atoms with Crippen molar-refractivity contribution in [3.05, 3.63) is 66.0 Å². The fourth-order valence-electron chi connectivity index (χ4n) is 4.19. The van der Waals surface area contributed by atoms with Crippen molar-refractivity contribution < 1.29 is 9.32 Å². The van der Waals surface area contributed by atoms with E-state index < -0.39 is 0 Å². The number of rotatable bonds is 3. The number of pyridine rings is 2. The van der Waals surface area contributed by atoms with Crippen molar-refractivity contribution >= 4 is 43.8 Å². The highest BCUT2D eigenvalue weighted by Gasteiger charge is 2.27. The molecule has 1 aromatic carbocycles. The Bertz CT molecular complexity index is 1440. The molecule has 5 aromatic rings. The second-order valence-corrected chi connectivity index (χ2v) is 8.93. The van der Waals surface area contributed by atoms with Crippen molar-refractivity contribution in [2.75, 3.05) is 31.1 Å². The van der Waals surface area contributed by atoms with Crippen molar-refractivity contribution in [1.29, 1.82) is 0 Å². The number of nitrogens with zero attached hydrogens (tertiary/aromatic N) is 6. The predicted octanol–water partition coefficient (Wildman–Crippen LogP) is 4.17. The molecule has 1 fully saturated rings. The van der Waals surface area contributed by atoms with Gasteiger partial charge in [0.25, 0.3) is 11.6 Å². The maximum atomic E-state index is 13.6. The van der Waals surface area contributed by atoms with Crippen molar-refractivity contribution in [2.24, 2.45) is 0 Å². The van der Waals surface area contributed by atoms with Crippen LogP contribution in [0.2, 0.25) is 0 Å². The maximum Gasteiger partial charge on any atom is 0.259 e. The van der Waals surface area contributed by atoms with Gasteiger partial charge >= 0.3 is 0 Å². The molecule has 0 spiro atoms. The Morgan fingerprint density at radius 2 is 1.85 bits per heavy atom. The average Bonchev–Trinajstić information content (AvgIpc) is 3.47. The third kappa shape index (κ3) is 3.50. The van der Waals surface area contributed by atoms with Gasteiger partial charge in [0.05, 0.1) is 22.3 Å². The number of benzene rings is 1. The molecule has 0 N–H and O–H groups in total. The van der Waals surface area contributed by atoms with Crippen LogP contribution < -0.4 is 4.90 Å². The Kier molecular flexibility index (Phi) is 4.76. The second kappa shape index (κ2) is 7.93. The van der Waals surface area contributed by atoms with Gasteiger partial charge in [0.15, 0.2) is 5.13 Å². The van der Waals surface area contributed by atoms with Crippen LogP contribution in [0.5, 0.6) is 0 Å². The monoisotopic (exact) mass is 456 g/mol. The summed E-state index contributed by atoms with van der Waals surface area (Å²) in [5.74, 6) is -0.0310. The highest BCUT2D eigenvalue weighted by Crippen LogP contribution is 2.30. The minimum atomic E-state index is -0.0310. The van der Waals surface area contributed by atoms with Crippen molar-refractivity contribution in [2.45, 2.75) is 6.92 Å². The van der Waals surface area contributed by atoms with Crippen LogP contribution in [-0.4, -0.2) is 57.1 Å². The van der Waals surface area contributed by atoms with E-state index in [-0.39, 0.29) is 5.91 Å². The summed E-state index contributed by atoms with van der Waals surface area (Å²) >= 11 is 1.59. The summed E-state index contributed by atoms with van der Waals surface area (Å²) in [5, 5.41) is 5.69. The fourth-order valence-corrected chi connectivity index (χ4v) is 5.15. The standard InChI is InChI=1S/C24H20N6O2S/c1-15-20-17(14-19(26-21(20)32-28-15)16-6-3-2-4-7-16)23(31)29-10-12-30(13-11-29)24-27-18-8-5-9-25-22(18)33-24/h2-9,14H,10-13H2,1H3. The molecule has 0 saturated carbocycles. The molecule has 0 bridgehead atoms. The zero-order valence-corrected chi connectivity index (χ0v) is 18.7. The van der Waals surface area contributed by atoms with E-state index in [1.165, 1.54) is 0 Å². The lowest BCUT2D eigenvalue weighted by atomic mass is 10.0. The molecule has 6 rings (SSSR count). The summed E-state index contributed by atoms with van der Waals surface area (Å²) in [6, 6.07) is 15.5. The maximum absolute atomic E-state index is 13.6. The van der Waals surface area contributed by atoms with Gasteiger partial charge in [-0.3, -0.25) is 4.79 Å². The molecule has 4 aromatic heterocycles. The number of hydrogen-bond acceptors (Lipinski definition) is 8. The molecule has 0 aliphatic carbocycles. The summed E-state index contributed by atoms with van der Waals surface area (Å²) in [5.41, 5.74) is 4.17. The smallest absolute Gasteiger partial charge is 0.259 e. The summed E-state index contributed by atoms with van der Waals surface area (Å²) in [6.07, 6.45) is 1.78. The van der Waals surface area contributed by atoms with Crippen molar-refractivity contribution in [3.8, 4) is 11.3 Å². The Hall–Kier alpha value is -3.85. The van der Waals surface area contributed by atoms with Crippen LogP contribution in [0.4, 0.5) is 5.13 Å². The van der Waals surface area contributed by atoms with Crippen LogP contribution >= 0.6 is 11.3 Å². The van der Waals surface area contributed by atoms with Crippen LogP contribution in [0, 0.1) is 6.92 Å². The van der Waals surface area contributed by atoms with E-state index in [4.69, 9.17) is 9.51 Å². The van der Waals surface area contributed by atoms with Crippen LogP contribution in [0.3, 0.4) is 0 Å². The van der Waals surface area contributed by atoms with E-state index in [1.54, 1.807) is 17.5 Å². The molecule has 0 atom stereocenters. The molecule has 0 radical (unpaired) electrons.